The van der Waals surface area contributed by atoms with Crippen LogP contribution in [0.4, 0.5) is 0 Å². The topological polar surface area (TPSA) is 81.4 Å². The van der Waals surface area contributed by atoms with Crippen molar-refractivity contribution in [1.29, 1.82) is 0 Å². The Morgan fingerprint density at radius 2 is 2.00 bits per heavy atom. The van der Waals surface area contributed by atoms with E-state index in [1.807, 2.05) is 13.8 Å². The summed E-state index contributed by atoms with van der Waals surface area (Å²) in [7, 11) is 1.35. The van der Waals surface area contributed by atoms with Crippen LogP contribution in [-0.2, 0) is 14.3 Å². The molecule has 0 aliphatic heterocycles. The SMILES string of the molecule is COC(=O)CCCNC(=O)[C@@H](N)CC(C)C. The highest BCUT2D eigenvalue weighted by molar-refractivity contribution is 5.81. The first-order valence-corrected chi connectivity index (χ1v) is 5.57. The normalized spacial score (nSPS) is 12.3. The Morgan fingerprint density at radius 3 is 2.50 bits per heavy atom. The number of ether oxygens (including phenoxy) is 1. The Balaban J connectivity index is 3.61. The standard InChI is InChI=1S/C11H22N2O3/c1-8(2)7-9(12)11(15)13-6-4-5-10(14)16-3/h8-9H,4-7,12H2,1-3H3,(H,13,15)/t9-/m0/s1. The molecule has 0 aromatic heterocycles. The molecule has 0 saturated carbocycles. The molecule has 5 heteroatoms. The number of rotatable bonds is 7. The first kappa shape index (κ1) is 14.9. The van der Waals surface area contributed by atoms with E-state index >= 15 is 0 Å². The second-order valence-electron chi connectivity index (χ2n) is 4.21. The van der Waals surface area contributed by atoms with Gasteiger partial charge in [-0.1, -0.05) is 13.8 Å². The molecule has 94 valence electrons. The van der Waals surface area contributed by atoms with Crippen LogP contribution in [0.1, 0.15) is 33.1 Å². The van der Waals surface area contributed by atoms with Crippen molar-refractivity contribution in [2.45, 2.75) is 39.2 Å². The van der Waals surface area contributed by atoms with Crippen molar-refractivity contribution in [3.05, 3.63) is 0 Å². The highest BCUT2D eigenvalue weighted by Gasteiger charge is 2.14. The number of amides is 1. The molecule has 0 aliphatic rings. The van der Waals surface area contributed by atoms with E-state index in [-0.39, 0.29) is 11.9 Å². The molecule has 0 radical (unpaired) electrons. The third-order valence-corrected chi connectivity index (χ3v) is 2.15. The lowest BCUT2D eigenvalue weighted by Crippen LogP contribution is -2.41. The van der Waals surface area contributed by atoms with Gasteiger partial charge < -0.3 is 15.8 Å². The van der Waals surface area contributed by atoms with Crippen LogP contribution in [0.25, 0.3) is 0 Å². The van der Waals surface area contributed by atoms with Crippen LogP contribution in [0.3, 0.4) is 0 Å². The molecule has 0 aliphatic carbocycles. The Hall–Kier alpha value is -1.10. The van der Waals surface area contributed by atoms with Crippen LogP contribution < -0.4 is 11.1 Å². The van der Waals surface area contributed by atoms with E-state index in [4.69, 9.17) is 5.73 Å². The highest BCUT2D eigenvalue weighted by atomic mass is 16.5. The summed E-state index contributed by atoms with van der Waals surface area (Å²) in [6.07, 6.45) is 1.56. The van der Waals surface area contributed by atoms with Gasteiger partial charge in [-0.25, -0.2) is 0 Å². The van der Waals surface area contributed by atoms with Crippen molar-refractivity contribution < 1.29 is 14.3 Å². The Kier molecular flexibility index (Phi) is 7.54. The zero-order valence-corrected chi connectivity index (χ0v) is 10.3. The zero-order chi connectivity index (χ0) is 12.6. The monoisotopic (exact) mass is 230 g/mol. The van der Waals surface area contributed by atoms with Crippen LogP contribution in [0.5, 0.6) is 0 Å². The van der Waals surface area contributed by atoms with Crippen LogP contribution in [0.15, 0.2) is 0 Å². The predicted octanol–water partition coefficient (Wildman–Crippen LogP) is 0.429. The summed E-state index contributed by atoms with van der Waals surface area (Å²) in [5, 5.41) is 2.70. The quantitative estimate of drug-likeness (QED) is 0.491. The van der Waals surface area contributed by atoms with Gasteiger partial charge in [0.05, 0.1) is 13.2 Å². The lowest BCUT2D eigenvalue weighted by Gasteiger charge is -2.13. The van der Waals surface area contributed by atoms with E-state index in [1.54, 1.807) is 0 Å². The number of methoxy groups -OCH3 is 1. The summed E-state index contributed by atoms with van der Waals surface area (Å²) in [6, 6.07) is -0.460. The van der Waals surface area contributed by atoms with Gasteiger partial charge in [0.2, 0.25) is 5.91 Å². The van der Waals surface area contributed by atoms with Gasteiger partial charge in [0, 0.05) is 13.0 Å². The number of carbonyl (C=O) groups excluding carboxylic acids is 2. The minimum Gasteiger partial charge on any atom is -0.469 e. The summed E-state index contributed by atoms with van der Waals surface area (Å²) >= 11 is 0. The summed E-state index contributed by atoms with van der Waals surface area (Å²) in [6.45, 7) is 4.49. The van der Waals surface area contributed by atoms with Crippen molar-refractivity contribution in [3.8, 4) is 0 Å². The molecule has 16 heavy (non-hydrogen) atoms. The molecule has 5 nitrogen and oxygen atoms in total. The molecule has 0 unspecified atom stereocenters. The molecule has 1 atom stereocenters. The fraction of sp³-hybridized carbons (Fsp3) is 0.818. The summed E-state index contributed by atoms with van der Waals surface area (Å²) < 4.78 is 4.48. The van der Waals surface area contributed by atoms with Gasteiger partial charge in [-0.3, -0.25) is 9.59 Å². The third-order valence-electron chi connectivity index (χ3n) is 2.15. The fourth-order valence-corrected chi connectivity index (χ4v) is 1.29. The van der Waals surface area contributed by atoms with Crippen molar-refractivity contribution in [2.24, 2.45) is 11.7 Å². The van der Waals surface area contributed by atoms with Gasteiger partial charge in [-0.05, 0) is 18.8 Å². The third kappa shape index (κ3) is 7.23. The molecule has 0 aromatic rings. The van der Waals surface area contributed by atoms with Crippen molar-refractivity contribution in [1.82, 2.24) is 5.32 Å². The number of hydrogen-bond donors (Lipinski definition) is 2. The minimum atomic E-state index is -0.460. The van der Waals surface area contributed by atoms with Crippen LogP contribution in [-0.4, -0.2) is 31.6 Å². The molecule has 1 amide bonds. The van der Waals surface area contributed by atoms with Gasteiger partial charge in [0.1, 0.15) is 0 Å². The van der Waals surface area contributed by atoms with E-state index in [2.05, 4.69) is 10.1 Å². The molecular formula is C11H22N2O3. The molecule has 0 heterocycles. The first-order valence-electron chi connectivity index (χ1n) is 5.57. The van der Waals surface area contributed by atoms with Crippen LogP contribution >= 0.6 is 0 Å². The lowest BCUT2D eigenvalue weighted by molar-refractivity contribution is -0.140. The van der Waals surface area contributed by atoms with E-state index in [9.17, 15) is 9.59 Å². The summed E-state index contributed by atoms with van der Waals surface area (Å²) in [4.78, 5) is 22.2. The number of nitrogens with two attached hydrogens (primary N) is 1. The second kappa shape index (κ2) is 8.10. The summed E-state index contributed by atoms with van der Waals surface area (Å²) in [5.41, 5.74) is 5.68. The lowest BCUT2D eigenvalue weighted by atomic mass is 10.0. The number of nitrogens with one attached hydrogen (secondary N) is 1. The van der Waals surface area contributed by atoms with Crippen LogP contribution in [0.2, 0.25) is 0 Å². The van der Waals surface area contributed by atoms with E-state index < -0.39 is 6.04 Å². The van der Waals surface area contributed by atoms with Gasteiger partial charge >= 0.3 is 5.97 Å². The molecule has 0 saturated heterocycles. The molecule has 0 fully saturated rings. The maximum Gasteiger partial charge on any atom is 0.305 e. The molecule has 0 rings (SSSR count). The smallest absolute Gasteiger partial charge is 0.305 e. The number of esters is 1. The Morgan fingerprint density at radius 1 is 1.38 bits per heavy atom. The molecule has 3 N–H and O–H groups in total. The van der Waals surface area contributed by atoms with Crippen molar-refractivity contribution in [2.75, 3.05) is 13.7 Å². The molecular weight excluding hydrogens is 208 g/mol. The van der Waals surface area contributed by atoms with Gasteiger partial charge in [0.15, 0.2) is 0 Å². The summed E-state index contributed by atoms with van der Waals surface area (Å²) in [5.74, 6) is -0.0184. The maximum absolute atomic E-state index is 11.4. The van der Waals surface area contributed by atoms with Crippen LogP contribution in [0, 0.1) is 5.92 Å². The van der Waals surface area contributed by atoms with E-state index in [0.29, 0.717) is 31.7 Å². The zero-order valence-electron chi connectivity index (χ0n) is 10.3. The molecule has 0 aromatic carbocycles. The molecule has 0 spiro atoms. The van der Waals surface area contributed by atoms with Gasteiger partial charge in [-0.15, -0.1) is 0 Å². The minimum absolute atomic E-state index is 0.154. The van der Waals surface area contributed by atoms with Gasteiger partial charge in [0.25, 0.3) is 0 Å². The van der Waals surface area contributed by atoms with E-state index in [1.165, 1.54) is 7.11 Å². The Bertz CT molecular complexity index is 229. The number of carbonyl (C=O) groups is 2. The first-order chi connectivity index (χ1) is 7.47. The average molecular weight is 230 g/mol. The average Bonchev–Trinajstić information content (AvgIpc) is 2.22. The van der Waals surface area contributed by atoms with Crippen molar-refractivity contribution in [3.63, 3.8) is 0 Å². The predicted molar refractivity (Wildman–Crippen MR) is 61.7 cm³/mol. The largest absolute Gasteiger partial charge is 0.469 e. The molecule has 0 bridgehead atoms. The fourth-order valence-electron chi connectivity index (χ4n) is 1.29. The maximum atomic E-state index is 11.4. The van der Waals surface area contributed by atoms with E-state index in [0.717, 1.165) is 0 Å². The highest BCUT2D eigenvalue weighted by Crippen LogP contribution is 2.02. The second-order valence-corrected chi connectivity index (χ2v) is 4.21. The Labute approximate surface area is 96.7 Å². The van der Waals surface area contributed by atoms with Crippen molar-refractivity contribution >= 4 is 11.9 Å². The van der Waals surface area contributed by atoms with Gasteiger partial charge in [-0.2, -0.15) is 0 Å². The number of hydrogen-bond acceptors (Lipinski definition) is 4.